The maximum Gasteiger partial charge on any atom is 0.0884 e. The van der Waals surface area contributed by atoms with E-state index in [0.717, 1.165) is 21.0 Å². The van der Waals surface area contributed by atoms with E-state index in [1.54, 1.807) is 0 Å². The van der Waals surface area contributed by atoms with Gasteiger partial charge in [0.1, 0.15) is 0 Å². The number of quaternary nitrogens is 2. The first-order valence-corrected chi connectivity index (χ1v) is 7.83. The summed E-state index contributed by atoms with van der Waals surface area (Å²) in [5.74, 6) is 0. The summed E-state index contributed by atoms with van der Waals surface area (Å²) >= 11 is 0. The van der Waals surface area contributed by atoms with Crippen molar-refractivity contribution in [2.75, 3.05) is 42.3 Å². The SMILES string of the molecule is C[N+](C)(C)C1CCCCC([N+](C)(C)C)CCCC1.[I-].[I-]. The van der Waals surface area contributed by atoms with Gasteiger partial charge in [0.2, 0.25) is 0 Å². The molecular formula is C16H36I2N2. The van der Waals surface area contributed by atoms with E-state index in [9.17, 15) is 0 Å². The average molecular weight is 510 g/mol. The van der Waals surface area contributed by atoms with Gasteiger partial charge in [-0.25, -0.2) is 0 Å². The largest absolute Gasteiger partial charge is 1.00 e. The molecule has 0 aromatic heterocycles. The van der Waals surface area contributed by atoms with E-state index in [2.05, 4.69) is 42.3 Å². The molecule has 1 fully saturated rings. The molecule has 0 aromatic rings. The number of nitrogens with zero attached hydrogens (tertiary/aromatic N) is 2. The third-order valence-corrected chi connectivity index (χ3v) is 4.84. The van der Waals surface area contributed by atoms with Crippen LogP contribution in [0.15, 0.2) is 0 Å². The van der Waals surface area contributed by atoms with Crippen molar-refractivity contribution < 1.29 is 56.9 Å². The minimum absolute atomic E-state index is 0. The molecule has 4 heteroatoms. The van der Waals surface area contributed by atoms with Gasteiger partial charge in [0.25, 0.3) is 0 Å². The second-order valence-electron chi connectivity index (χ2n) is 8.11. The van der Waals surface area contributed by atoms with Gasteiger partial charge in [-0.2, -0.15) is 0 Å². The predicted octanol–water partition coefficient (Wildman–Crippen LogP) is -2.72. The zero-order valence-electron chi connectivity index (χ0n) is 14.5. The summed E-state index contributed by atoms with van der Waals surface area (Å²) in [5, 5.41) is 0. The molecule has 0 spiro atoms. The Morgan fingerprint density at radius 1 is 0.500 bits per heavy atom. The fourth-order valence-corrected chi connectivity index (χ4v) is 3.36. The topological polar surface area (TPSA) is 0 Å². The number of hydrogen-bond acceptors (Lipinski definition) is 0. The molecule has 0 unspecified atom stereocenters. The molecule has 20 heavy (non-hydrogen) atoms. The number of hydrogen-bond donors (Lipinski definition) is 0. The molecule has 0 heterocycles. The van der Waals surface area contributed by atoms with Gasteiger partial charge in [-0.1, -0.05) is 0 Å². The second kappa shape index (κ2) is 10.2. The Labute approximate surface area is 161 Å². The van der Waals surface area contributed by atoms with Crippen LogP contribution in [0.3, 0.4) is 0 Å². The van der Waals surface area contributed by atoms with Crippen molar-refractivity contribution in [3.05, 3.63) is 0 Å². The van der Waals surface area contributed by atoms with E-state index in [1.807, 2.05) is 0 Å². The van der Waals surface area contributed by atoms with Gasteiger partial charge in [-0.15, -0.1) is 0 Å². The lowest BCUT2D eigenvalue weighted by atomic mass is 9.92. The molecular weight excluding hydrogens is 474 g/mol. The van der Waals surface area contributed by atoms with Crippen LogP contribution in [0.5, 0.6) is 0 Å². The van der Waals surface area contributed by atoms with Gasteiger partial charge in [-0.05, 0) is 51.4 Å². The summed E-state index contributed by atoms with van der Waals surface area (Å²) in [5.41, 5.74) is 0. The van der Waals surface area contributed by atoms with Crippen molar-refractivity contribution in [3.63, 3.8) is 0 Å². The molecule has 0 N–H and O–H groups in total. The van der Waals surface area contributed by atoms with Crippen LogP contribution in [0.2, 0.25) is 0 Å². The second-order valence-corrected chi connectivity index (χ2v) is 8.11. The lowest BCUT2D eigenvalue weighted by Gasteiger charge is -2.37. The zero-order valence-corrected chi connectivity index (χ0v) is 18.8. The van der Waals surface area contributed by atoms with Crippen molar-refractivity contribution in [3.8, 4) is 0 Å². The standard InChI is InChI=1S/C16H36N2.2HI/c1-17(2,3)15-11-7-9-13-16(18(4,5)6)14-10-8-12-15;;/h15-16H,7-14H2,1-6H3;2*1H/q+2;;/p-2. The molecule has 0 bridgehead atoms. The molecule has 0 aromatic carbocycles. The Balaban J connectivity index is 0. The maximum atomic E-state index is 2.37. The van der Waals surface area contributed by atoms with Gasteiger partial charge < -0.3 is 56.9 Å². The highest BCUT2D eigenvalue weighted by molar-refractivity contribution is 4.66. The van der Waals surface area contributed by atoms with E-state index < -0.39 is 0 Å². The molecule has 1 rings (SSSR count). The Kier molecular flexibility index (Phi) is 12.1. The molecule has 2 nitrogen and oxygen atoms in total. The van der Waals surface area contributed by atoms with Crippen LogP contribution in [0.25, 0.3) is 0 Å². The van der Waals surface area contributed by atoms with E-state index in [0.29, 0.717) is 0 Å². The van der Waals surface area contributed by atoms with Crippen LogP contribution in [0, 0.1) is 0 Å². The fraction of sp³-hybridized carbons (Fsp3) is 1.00. The highest BCUT2D eigenvalue weighted by atomic mass is 127. The Hall–Kier alpha value is 1.38. The predicted molar refractivity (Wildman–Crippen MR) is 80.6 cm³/mol. The minimum atomic E-state index is 0. The molecule has 0 amide bonds. The zero-order chi connectivity index (χ0) is 13.8. The van der Waals surface area contributed by atoms with Gasteiger partial charge in [0, 0.05) is 0 Å². The summed E-state index contributed by atoms with van der Waals surface area (Å²) in [4.78, 5) is 0. The molecule has 1 saturated carbocycles. The summed E-state index contributed by atoms with van der Waals surface area (Å²) in [7, 11) is 14.2. The summed E-state index contributed by atoms with van der Waals surface area (Å²) in [6.45, 7) is 0. The van der Waals surface area contributed by atoms with Gasteiger partial charge in [0.15, 0.2) is 0 Å². The quantitative estimate of drug-likeness (QED) is 0.280. The van der Waals surface area contributed by atoms with E-state index in [-0.39, 0.29) is 48.0 Å². The normalized spacial score (nSPS) is 26.1. The number of rotatable bonds is 2. The summed E-state index contributed by atoms with van der Waals surface area (Å²) in [6, 6.07) is 1.76. The van der Waals surface area contributed by atoms with Crippen LogP contribution >= 0.6 is 0 Å². The molecule has 1 aliphatic rings. The van der Waals surface area contributed by atoms with Gasteiger partial charge in [0.05, 0.1) is 54.4 Å². The lowest BCUT2D eigenvalue weighted by Crippen LogP contribution is -3.00. The summed E-state index contributed by atoms with van der Waals surface area (Å²) in [6.07, 6.45) is 11.4. The monoisotopic (exact) mass is 510 g/mol. The van der Waals surface area contributed by atoms with Crippen molar-refractivity contribution in [1.82, 2.24) is 0 Å². The van der Waals surface area contributed by atoms with Crippen molar-refractivity contribution >= 4 is 0 Å². The summed E-state index contributed by atoms with van der Waals surface area (Å²) < 4.78 is 2.30. The Morgan fingerprint density at radius 2 is 0.700 bits per heavy atom. The Morgan fingerprint density at radius 3 is 0.850 bits per heavy atom. The van der Waals surface area contributed by atoms with Crippen LogP contribution < -0.4 is 48.0 Å². The average Bonchev–Trinajstić information content (AvgIpc) is 2.22. The highest BCUT2D eigenvalue weighted by Gasteiger charge is 2.27. The van der Waals surface area contributed by atoms with Crippen LogP contribution in [-0.4, -0.2) is 63.3 Å². The van der Waals surface area contributed by atoms with E-state index in [1.165, 1.54) is 51.4 Å². The smallest absolute Gasteiger partial charge is 0.0884 e. The van der Waals surface area contributed by atoms with Crippen LogP contribution in [0.4, 0.5) is 0 Å². The van der Waals surface area contributed by atoms with E-state index in [4.69, 9.17) is 0 Å². The molecule has 1 aliphatic carbocycles. The molecule has 0 saturated heterocycles. The first-order chi connectivity index (χ1) is 8.21. The Bertz CT molecular complexity index is 206. The van der Waals surface area contributed by atoms with Crippen molar-refractivity contribution in [1.29, 1.82) is 0 Å². The molecule has 124 valence electrons. The lowest BCUT2D eigenvalue weighted by molar-refractivity contribution is -0.898. The first kappa shape index (κ1) is 23.6. The third-order valence-electron chi connectivity index (χ3n) is 4.84. The molecule has 0 radical (unpaired) electrons. The van der Waals surface area contributed by atoms with Crippen molar-refractivity contribution in [2.24, 2.45) is 0 Å². The van der Waals surface area contributed by atoms with Gasteiger partial charge in [-0.3, -0.25) is 0 Å². The maximum absolute atomic E-state index is 2.37. The first-order valence-electron chi connectivity index (χ1n) is 7.83. The fourth-order valence-electron chi connectivity index (χ4n) is 3.36. The number of halogens is 2. The van der Waals surface area contributed by atoms with E-state index >= 15 is 0 Å². The van der Waals surface area contributed by atoms with Crippen LogP contribution in [-0.2, 0) is 0 Å². The van der Waals surface area contributed by atoms with Crippen LogP contribution in [0.1, 0.15) is 51.4 Å². The minimum Gasteiger partial charge on any atom is -1.00 e. The van der Waals surface area contributed by atoms with Crippen molar-refractivity contribution in [2.45, 2.75) is 63.5 Å². The molecule has 0 atom stereocenters. The van der Waals surface area contributed by atoms with Gasteiger partial charge >= 0.3 is 0 Å². The molecule has 0 aliphatic heterocycles. The highest BCUT2D eigenvalue weighted by Crippen LogP contribution is 2.25. The third kappa shape index (κ3) is 8.73.